The lowest BCUT2D eigenvalue weighted by molar-refractivity contribution is 0.0476. The quantitative estimate of drug-likeness (QED) is 0.583. The highest BCUT2D eigenvalue weighted by Crippen LogP contribution is 2.29. The van der Waals surface area contributed by atoms with Crippen LogP contribution in [0, 0.1) is 13.8 Å². The van der Waals surface area contributed by atoms with Crippen molar-refractivity contribution in [3.8, 4) is 0 Å². The van der Waals surface area contributed by atoms with Crippen LogP contribution in [0.25, 0.3) is 0 Å². The largest absolute Gasteiger partial charge is 0.460 e. The van der Waals surface area contributed by atoms with Crippen LogP contribution in [0.1, 0.15) is 32.0 Å². The smallest absolute Gasteiger partial charge is 0.341 e. The molecule has 1 amide bonds. The van der Waals surface area contributed by atoms with E-state index in [0.29, 0.717) is 15.6 Å². The van der Waals surface area contributed by atoms with Gasteiger partial charge in [0.05, 0.1) is 17.7 Å². The lowest BCUT2D eigenvalue weighted by atomic mass is 10.1. The summed E-state index contributed by atoms with van der Waals surface area (Å²) in [4.78, 5) is 28.5. The number of amides is 1. The Morgan fingerprint density at radius 1 is 1.27 bits per heavy atom. The van der Waals surface area contributed by atoms with E-state index >= 15 is 0 Å². The molecule has 2 heterocycles. The summed E-state index contributed by atoms with van der Waals surface area (Å²) in [6.45, 7) is 2.87. The molecule has 7 nitrogen and oxygen atoms in total. The molecule has 9 heteroatoms. The van der Waals surface area contributed by atoms with Gasteiger partial charge in [-0.25, -0.2) is 22.5 Å². The average molecular weight is 395 g/mol. The summed E-state index contributed by atoms with van der Waals surface area (Å²) in [5.74, 6) is -1.36. The van der Waals surface area contributed by atoms with Gasteiger partial charge in [-0.15, -0.1) is 0 Å². The van der Waals surface area contributed by atoms with Gasteiger partial charge in [-0.2, -0.15) is 0 Å². The Morgan fingerprint density at radius 3 is 2.62 bits per heavy atom. The minimum atomic E-state index is -3.93. The van der Waals surface area contributed by atoms with E-state index in [9.17, 15) is 18.0 Å². The van der Waals surface area contributed by atoms with E-state index in [-0.39, 0.29) is 34.3 Å². The number of esters is 1. The second-order valence-electron chi connectivity index (χ2n) is 5.76. The zero-order valence-corrected chi connectivity index (χ0v) is 15.6. The molecule has 0 N–H and O–H groups in total. The number of hydrogen-bond donors (Lipinski definition) is 0. The van der Waals surface area contributed by atoms with Crippen molar-refractivity contribution >= 4 is 33.5 Å². The minimum Gasteiger partial charge on any atom is -0.460 e. The van der Waals surface area contributed by atoms with Gasteiger partial charge >= 0.3 is 5.97 Å². The van der Waals surface area contributed by atoms with Gasteiger partial charge < -0.3 is 4.74 Å². The molecule has 0 bridgehead atoms. The number of sulfonamides is 1. The van der Waals surface area contributed by atoms with Crippen molar-refractivity contribution in [1.82, 2.24) is 9.29 Å². The third-order valence-electron chi connectivity index (χ3n) is 3.94. The lowest BCUT2D eigenvalue weighted by Gasteiger charge is -2.15. The molecule has 0 atom stereocenters. The zero-order valence-electron chi connectivity index (χ0n) is 14.0. The summed E-state index contributed by atoms with van der Waals surface area (Å²) in [5.41, 5.74) is 1.50. The Kier molecular flexibility index (Phi) is 4.72. The van der Waals surface area contributed by atoms with Gasteiger partial charge in [0.1, 0.15) is 16.7 Å². The molecule has 1 aliphatic heterocycles. The Morgan fingerprint density at radius 2 is 1.96 bits per heavy atom. The van der Waals surface area contributed by atoms with Gasteiger partial charge in [-0.3, -0.25) is 4.79 Å². The predicted molar refractivity (Wildman–Crippen MR) is 93.7 cm³/mol. The lowest BCUT2D eigenvalue weighted by Crippen LogP contribution is -2.33. The van der Waals surface area contributed by atoms with E-state index < -0.39 is 21.9 Å². The SMILES string of the molecule is Cc1cc(C)c(C(=O)OCCN2C(=O)c3ccccc3S2(=O)=O)c(Cl)n1. The predicted octanol–water partition coefficient (Wildman–Crippen LogP) is 2.35. The van der Waals surface area contributed by atoms with Crippen molar-refractivity contribution in [2.24, 2.45) is 0 Å². The molecule has 3 rings (SSSR count). The molecule has 1 aromatic carbocycles. The first kappa shape index (κ1) is 18.3. The Balaban J connectivity index is 1.72. The summed E-state index contributed by atoms with van der Waals surface area (Å²) in [7, 11) is -3.93. The fourth-order valence-electron chi connectivity index (χ4n) is 2.78. The van der Waals surface area contributed by atoms with Crippen LogP contribution in [0.3, 0.4) is 0 Å². The number of benzene rings is 1. The summed E-state index contributed by atoms with van der Waals surface area (Å²) < 4.78 is 30.7. The van der Waals surface area contributed by atoms with Gasteiger partial charge in [0, 0.05) is 5.69 Å². The number of halogens is 1. The van der Waals surface area contributed by atoms with Crippen LogP contribution in [0.4, 0.5) is 0 Å². The molecule has 0 saturated carbocycles. The van der Waals surface area contributed by atoms with Crippen LogP contribution in [0.15, 0.2) is 35.2 Å². The third-order valence-corrected chi connectivity index (χ3v) is 6.06. The molecule has 26 heavy (non-hydrogen) atoms. The van der Waals surface area contributed by atoms with Crippen molar-refractivity contribution in [3.63, 3.8) is 0 Å². The Bertz CT molecular complexity index is 997. The molecule has 0 saturated heterocycles. The second kappa shape index (κ2) is 6.69. The molecule has 0 spiro atoms. The number of pyridine rings is 1. The fourth-order valence-corrected chi connectivity index (χ4v) is 4.69. The number of aryl methyl sites for hydroxylation is 2. The summed E-state index contributed by atoms with van der Waals surface area (Å²) in [5, 5.41) is 0.0183. The highest BCUT2D eigenvalue weighted by atomic mass is 35.5. The van der Waals surface area contributed by atoms with Gasteiger partial charge in [0.25, 0.3) is 15.9 Å². The molecule has 136 valence electrons. The molecule has 0 aliphatic carbocycles. The standard InChI is InChI=1S/C17H15ClN2O5S/c1-10-9-11(2)19-15(18)14(10)17(22)25-8-7-20-16(21)12-5-3-4-6-13(12)26(20,23)24/h3-6,9H,7-8H2,1-2H3. The molecular formula is C17H15ClN2O5S. The summed E-state index contributed by atoms with van der Waals surface area (Å²) in [6, 6.07) is 7.64. The normalized spacial score (nSPS) is 15.0. The molecular weight excluding hydrogens is 380 g/mol. The first-order valence-electron chi connectivity index (χ1n) is 7.70. The van der Waals surface area contributed by atoms with Crippen molar-refractivity contribution in [2.45, 2.75) is 18.7 Å². The molecule has 0 unspecified atom stereocenters. The van der Waals surface area contributed by atoms with Gasteiger partial charge in [-0.1, -0.05) is 23.7 Å². The van der Waals surface area contributed by atoms with Crippen molar-refractivity contribution in [2.75, 3.05) is 13.2 Å². The number of rotatable bonds is 4. The van der Waals surface area contributed by atoms with Crippen molar-refractivity contribution < 1.29 is 22.7 Å². The van der Waals surface area contributed by atoms with Crippen LogP contribution in [0.5, 0.6) is 0 Å². The average Bonchev–Trinajstić information content (AvgIpc) is 2.75. The first-order valence-corrected chi connectivity index (χ1v) is 9.52. The molecule has 0 fully saturated rings. The van der Waals surface area contributed by atoms with Crippen LogP contribution < -0.4 is 0 Å². The van der Waals surface area contributed by atoms with Gasteiger partial charge in [0.15, 0.2) is 0 Å². The molecule has 2 aromatic rings. The number of hydrogen-bond acceptors (Lipinski definition) is 6. The molecule has 0 radical (unpaired) electrons. The maximum absolute atomic E-state index is 12.4. The maximum atomic E-state index is 12.4. The number of ether oxygens (including phenoxy) is 1. The third kappa shape index (κ3) is 3.06. The van der Waals surface area contributed by atoms with Crippen molar-refractivity contribution in [1.29, 1.82) is 0 Å². The monoisotopic (exact) mass is 394 g/mol. The Hall–Kier alpha value is -2.45. The van der Waals surface area contributed by atoms with E-state index in [0.717, 1.165) is 0 Å². The van der Waals surface area contributed by atoms with Gasteiger partial charge in [-0.05, 0) is 37.6 Å². The maximum Gasteiger partial charge on any atom is 0.341 e. The van der Waals surface area contributed by atoms with Crippen molar-refractivity contribution in [3.05, 3.63) is 57.9 Å². The van der Waals surface area contributed by atoms with E-state index in [4.69, 9.17) is 16.3 Å². The number of fused-ring (bicyclic) bond motifs is 1. The number of nitrogens with zero attached hydrogens (tertiary/aromatic N) is 2. The van der Waals surface area contributed by atoms with Crippen LogP contribution in [0.2, 0.25) is 5.15 Å². The van der Waals surface area contributed by atoms with Gasteiger partial charge in [0.2, 0.25) is 0 Å². The number of carbonyl (C=O) groups is 2. The fraction of sp³-hybridized carbons (Fsp3) is 0.235. The second-order valence-corrected chi connectivity index (χ2v) is 7.95. The van der Waals surface area contributed by atoms with E-state index in [2.05, 4.69) is 4.98 Å². The highest BCUT2D eigenvalue weighted by Gasteiger charge is 2.40. The minimum absolute atomic E-state index is 0.0183. The van der Waals surface area contributed by atoms with E-state index in [1.54, 1.807) is 32.0 Å². The first-order chi connectivity index (χ1) is 12.2. The van der Waals surface area contributed by atoms with Crippen LogP contribution >= 0.6 is 11.6 Å². The van der Waals surface area contributed by atoms with Crippen LogP contribution in [-0.4, -0.2) is 42.7 Å². The Labute approximate surface area is 155 Å². The molecule has 1 aromatic heterocycles. The molecule has 1 aliphatic rings. The van der Waals surface area contributed by atoms with E-state index in [1.807, 2.05) is 0 Å². The zero-order chi connectivity index (χ0) is 19.1. The number of carbonyl (C=O) groups excluding carboxylic acids is 2. The van der Waals surface area contributed by atoms with Crippen LogP contribution in [-0.2, 0) is 14.8 Å². The van der Waals surface area contributed by atoms with E-state index in [1.165, 1.54) is 12.1 Å². The summed E-state index contributed by atoms with van der Waals surface area (Å²) in [6.07, 6.45) is 0. The summed E-state index contributed by atoms with van der Waals surface area (Å²) >= 11 is 5.99. The highest BCUT2D eigenvalue weighted by molar-refractivity contribution is 7.90. The topological polar surface area (TPSA) is 93.6 Å². The number of aromatic nitrogens is 1.